The molecule has 1 aromatic carbocycles. The number of carbonyl (C=O) groups excluding carboxylic acids is 1. The Morgan fingerprint density at radius 3 is 2.87 bits per heavy atom. The quantitative estimate of drug-likeness (QED) is 0.430. The molecule has 2 rings (SSSR count). The van der Waals surface area contributed by atoms with Gasteiger partial charge >= 0.3 is 0 Å². The van der Waals surface area contributed by atoms with E-state index < -0.39 is 6.61 Å². The van der Waals surface area contributed by atoms with Crippen molar-refractivity contribution >= 4 is 17.3 Å². The number of para-hydroxylation sites is 2. The van der Waals surface area contributed by atoms with Gasteiger partial charge in [-0.15, -0.1) is 0 Å². The Morgan fingerprint density at radius 2 is 2.20 bits per heavy atom. The van der Waals surface area contributed by atoms with Gasteiger partial charge < -0.3 is 10.3 Å². The van der Waals surface area contributed by atoms with E-state index in [1.54, 1.807) is 24.3 Å². The highest BCUT2D eigenvalue weighted by Crippen LogP contribution is 2.09. The van der Waals surface area contributed by atoms with Gasteiger partial charge in [0.05, 0.1) is 0 Å². The van der Waals surface area contributed by atoms with Crippen LogP contribution < -0.4 is 4.73 Å². The number of hydrogen-bond acceptors (Lipinski definition) is 4. The lowest BCUT2D eigenvalue weighted by Gasteiger charge is -2.06. The van der Waals surface area contributed by atoms with Gasteiger partial charge in [0.2, 0.25) is 11.2 Å². The highest BCUT2D eigenvalue weighted by molar-refractivity contribution is 5.78. The van der Waals surface area contributed by atoms with Crippen LogP contribution in [0, 0.1) is 5.21 Å². The molecule has 0 unspecified atom stereocenters. The lowest BCUT2D eigenvalue weighted by atomic mass is 10.2. The number of rotatable bonds is 2. The molecule has 0 spiro atoms. The standard InChI is InChI=1S/C10H8N2O3/c13-5-8-10(6-14)12(15)9-4-2-1-3-7(9)11-8/h1-5,14H,6H2. The van der Waals surface area contributed by atoms with E-state index in [0.29, 0.717) is 22.0 Å². The fourth-order valence-electron chi connectivity index (χ4n) is 1.41. The minimum atomic E-state index is -0.505. The summed E-state index contributed by atoms with van der Waals surface area (Å²) >= 11 is 0. The minimum absolute atomic E-state index is 0.0220. The van der Waals surface area contributed by atoms with E-state index in [2.05, 4.69) is 4.98 Å². The Hall–Kier alpha value is -2.01. The number of aldehydes is 1. The van der Waals surface area contributed by atoms with Gasteiger partial charge in [0.25, 0.3) is 0 Å². The van der Waals surface area contributed by atoms with Gasteiger partial charge in [0.1, 0.15) is 12.1 Å². The molecular formula is C10H8N2O3. The minimum Gasteiger partial charge on any atom is -0.618 e. The molecule has 0 radical (unpaired) electrons. The number of fused-ring (bicyclic) bond motifs is 1. The van der Waals surface area contributed by atoms with Crippen molar-refractivity contribution in [3.63, 3.8) is 0 Å². The van der Waals surface area contributed by atoms with E-state index in [0.717, 1.165) is 0 Å². The number of benzene rings is 1. The second kappa shape index (κ2) is 3.62. The SMILES string of the molecule is O=Cc1nc2ccccc2[n+]([O-])c1CO. The number of nitrogens with zero attached hydrogens (tertiary/aromatic N) is 2. The fraction of sp³-hybridized carbons (Fsp3) is 0.100. The van der Waals surface area contributed by atoms with Crippen LogP contribution >= 0.6 is 0 Å². The van der Waals surface area contributed by atoms with Crippen molar-refractivity contribution in [2.75, 3.05) is 0 Å². The lowest BCUT2D eigenvalue weighted by molar-refractivity contribution is -0.589. The Bertz CT molecular complexity index is 525. The molecule has 0 atom stereocenters. The molecule has 0 bridgehead atoms. The molecule has 1 N–H and O–H groups in total. The molecule has 0 saturated heterocycles. The van der Waals surface area contributed by atoms with E-state index in [9.17, 15) is 10.0 Å². The molecule has 0 aliphatic heterocycles. The van der Waals surface area contributed by atoms with Crippen molar-refractivity contribution in [2.24, 2.45) is 0 Å². The first-order valence-electron chi connectivity index (χ1n) is 4.35. The molecule has 5 nitrogen and oxygen atoms in total. The zero-order chi connectivity index (χ0) is 10.8. The van der Waals surface area contributed by atoms with Crippen LogP contribution in [0.25, 0.3) is 11.0 Å². The van der Waals surface area contributed by atoms with Crippen LogP contribution in [-0.4, -0.2) is 16.4 Å². The van der Waals surface area contributed by atoms with Crippen molar-refractivity contribution in [1.29, 1.82) is 0 Å². The molecule has 76 valence electrons. The van der Waals surface area contributed by atoms with Crippen LogP contribution in [0.2, 0.25) is 0 Å². The maximum Gasteiger partial charge on any atom is 0.248 e. The Kier molecular flexibility index (Phi) is 2.31. The lowest BCUT2D eigenvalue weighted by Crippen LogP contribution is -2.35. The Morgan fingerprint density at radius 1 is 1.47 bits per heavy atom. The van der Waals surface area contributed by atoms with Gasteiger partial charge in [0.15, 0.2) is 12.0 Å². The van der Waals surface area contributed by atoms with E-state index in [1.807, 2.05) is 0 Å². The van der Waals surface area contributed by atoms with Crippen molar-refractivity contribution in [3.8, 4) is 0 Å². The third kappa shape index (κ3) is 1.42. The monoisotopic (exact) mass is 204 g/mol. The number of aromatic nitrogens is 2. The van der Waals surface area contributed by atoms with Crippen LogP contribution in [0.15, 0.2) is 24.3 Å². The van der Waals surface area contributed by atoms with Crippen LogP contribution in [0.3, 0.4) is 0 Å². The predicted molar refractivity (Wildman–Crippen MR) is 52.0 cm³/mol. The average molecular weight is 204 g/mol. The van der Waals surface area contributed by atoms with E-state index in [1.165, 1.54) is 0 Å². The molecule has 15 heavy (non-hydrogen) atoms. The number of aliphatic hydroxyl groups is 1. The molecule has 1 aromatic heterocycles. The van der Waals surface area contributed by atoms with Gasteiger partial charge in [-0.2, -0.15) is 4.73 Å². The third-order valence-corrected chi connectivity index (χ3v) is 2.14. The molecule has 0 fully saturated rings. The molecule has 0 saturated carbocycles. The van der Waals surface area contributed by atoms with Gasteiger partial charge in [-0.25, -0.2) is 4.98 Å². The van der Waals surface area contributed by atoms with E-state index in [-0.39, 0.29) is 11.4 Å². The van der Waals surface area contributed by atoms with Crippen molar-refractivity contribution in [3.05, 3.63) is 40.9 Å². The third-order valence-electron chi connectivity index (χ3n) is 2.14. The number of aliphatic hydroxyl groups excluding tert-OH is 1. The summed E-state index contributed by atoms with van der Waals surface area (Å²) in [5.74, 6) is 0. The van der Waals surface area contributed by atoms with Gasteiger partial charge in [-0.05, 0) is 6.07 Å². The summed E-state index contributed by atoms with van der Waals surface area (Å²) in [6.07, 6.45) is 0.465. The van der Waals surface area contributed by atoms with Gasteiger partial charge in [-0.1, -0.05) is 12.1 Å². The highest BCUT2D eigenvalue weighted by atomic mass is 16.5. The van der Waals surface area contributed by atoms with Crippen LogP contribution in [0.5, 0.6) is 0 Å². The molecule has 0 aliphatic rings. The summed E-state index contributed by atoms with van der Waals surface area (Å²) in [5, 5.41) is 20.7. The predicted octanol–water partition coefficient (Wildman–Crippen LogP) is 0.173. The van der Waals surface area contributed by atoms with E-state index >= 15 is 0 Å². The van der Waals surface area contributed by atoms with Gasteiger partial charge in [-0.3, -0.25) is 4.79 Å². The Balaban J connectivity index is 2.87. The second-order valence-corrected chi connectivity index (χ2v) is 3.00. The summed E-state index contributed by atoms with van der Waals surface area (Å²) in [7, 11) is 0. The van der Waals surface area contributed by atoms with Crippen LogP contribution in [0.1, 0.15) is 16.2 Å². The summed E-state index contributed by atoms with van der Waals surface area (Å²) in [5.41, 5.74) is 0.730. The van der Waals surface area contributed by atoms with Crippen molar-refractivity contribution in [1.82, 2.24) is 4.98 Å². The summed E-state index contributed by atoms with van der Waals surface area (Å²) in [4.78, 5) is 14.6. The summed E-state index contributed by atoms with van der Waals surface area (Å²) < 4.78 is 0.534. The van der Waals surface area contributed by atoms with Crippen molar-refractivity contribution in [2.45, 2.75) is 6.61 Å². The van der Waals surface area contributed by atoms with E-state index in [4.69, 9.17) is 5.11 Å². The maximum atomic E-state index is 11.7. The molecule has 0 aliphatic carbocycles. The molecule has 1 heterocycles. The first kappa shape index (κ1) is 9.54. The zero-order valence-electron chi connectivity index (χ0n) is 7.75. The summed E-state index contributed by atoms with van der Waals surface area (Å²) in [6, 6.07) is 6.64. The Labute approximate surface area is 85.2 Å². The van der Waals surface area contributed by atoms with Crippen LogP contribution in [-0.2, 0) is 6.61 Å². The van der Waals surface area contributed by atoms with Gasteiger partial charge in [0, 0.05) is 6.07 Å². The molecule has 0 amide bonds. The molecule has 2 aromatic rings. The normalized spacial score (nSPS) is 10.5. The molecule has 5 heteroatoms. The topological polar surface area (TPSA) is 77.1 Å². The zero-order valence-corrected chi connectivity index (χ0v) is 7.75. The second-order valence-electron chi connectivity index (χ2n) is 3.00. The first-order chi connectivity index (χ1) is 7.27. The largest absolute Gasteiger partial charge is 0.618 e. The highest BCUT2D eigenvalue weighted by Gasteiger charge is 2.16. The number of carbonyl (C=O) groups is 1. The smallest absolute Gasteiger partial charge is 0.248 e. The van der Waals surface area contributed by atoms with Crippen molar-refractivity contribution < 1.29 is 14.6 Å². The maximum absolute atomic E-state index is 11.7. The summed E-state index contributed by atoms with van der Waals surface area (Å²) in [6.45, 7) is -0.505. The average Bonchev–Trinajstić information content (AvgIpc) is 2.29. The number of hydrogen-bond donors (Lipinski definition) is 1. The fourth-order valence-corrected chi connectivity index (χ4v) is 1.41. The molecular weight excluding hydrogens is 196 g/mol. The first-order valence-corrected chi connectivity index (χ1v) is 4.35. The van der Waals surface area contributed by atoms with Crippen LogP contribution in [0.4, 0.5) is 0 Å².